The van der Waals surface area contributed by atoms with Gasteiger partial charge in [0.2, 0.25) is 11.0 Å². The molecular formula is C15H18N4O3S2. The number of carbonyl (C=O) groups is 2. The standard InChI is InChI=1S/C15H18N4O3S2/c1-9(2)11(12(20)17-13-18-19-15(23)24-13)16-14(21)22-8-10-6-4-3-5-7-10/h3-7,9,11H,8H2,1-2H3,(H,16,21)(H,19,23)(H,17,18,20)/t11-/m0/s1. The van der Waals surface area contributed by atoms with Gasteiger partial charge >= 0.3 is 6.09 Å². The normalized spacial score (nSPS) is 11.8. The van der Waals surface area contributed by atoms with Crippen molar-refractivity contribution in [2.75, 3.05) is 5.32 Å². The number of rotatable bonds is 6. The van der Waals surface area contributed by atoms with Crippen molar-refractivity contribution < 1.29 is 14.3 Å². The summed E-state index contributed by atoms with van der Waals surface area (Å²) in [6.45, 7) is 3.79. The quantitative estimate of drug-likeness (QED) is 0.683. The SMILES string of the molecule is CC(C)[C@H](NC(=O)OCc1ccccc1)C(=O)Nc1n[nH]c(=S)s1. The molecule has 1 heterocycles. The van der Waals surface area contributed by atoms with Crippen molar-refractivity contribution in [1.82, 2.24) is 15.5 Å². The fourth-order valence-electron chi connectivity index (χ4n) is 1.89. The summed E-state index contributed by atoms with van der Waals surface area (Å²) in [7, 11) is 0. The molecular weight excluding hydrogens is 348 g/mol. The molecule has 0 spiro atoms. The number of alkyl carbamates (subject to hydrolysis) is 1. The van der Waals surface area contributed by atoms with Crippen molar-refractivity contribution in [3.63, 3.8) is 0 Å². The van der Waals surface area contributed by atoms with Gasteiger partial charge < -0.3 is 10.1 Å². The molecule has 0 saturated carbocycles. The molecule has 0 bridgehead atoms. The van der Waals surface area contributed by atoms with Gasteiger partial charge in [0.05, 0.1) is 0 Å². The lowest BCUT2D eigenvalue weighted by molar-refractivity contribution is -0.119. The topological polar surface area (TPSA) is 96.1 Å². The number of aromatic nitrogens is 2. The van der Waals surface area contributed by atoms with Crippen molar-refractivity contribution in [3.8, 4) is 0 Å². The van der Waals surface area contributed by atoms with Crippen LogP contribution in [0.5, 0.6) is 0 Å². The summed E-state index contributed by atoms with van der Waals surface area (Å²) >= 11 is 6.06. The Kier molecular flexibility index (Phi) is 6.44. The summed E-state index contributed by atoms with van der Waals surface area (Å²) in [5, 5.41) is 12.0. The fourth-order valence-corrected chi connectivity index (χ4v) is 2.69. The molecule has 0 unspecified atom stereocenters. The van der Waals surface area contributed by atoms with Crippen molar-refractivity contribution in [3.05, 3.63) is 39.8 Å². The first-order chi connectivity index (χ1) is 11.5. The summed E-state index contributed by atoms with van der Waals surface area (Å²) in [5.74, 6) is -0.499. The Hall–Kier alpha value is -2.26. The Morgan fingerprint density at radius 3 is 2.62 bits per heavy atom. The van der Waals surface area contributed by atoms with E-state index in [1.165, 1.54) is 0 Å². The zero-order valence-electron chi connectivity index (χ0n) is 13.2. The number of H-pyrrole nitrogens is 1. The first-order valence-electron chi connectivity index (χ1n) is 7.29. The number of nitrogens with one attached hydrogen (secondary N) is 3. The van der Waals surface area contributed by atoms with Crippen LogP contribution in [0.3, 0.4) is 0 Å². The lowest BCUT2D eigenvalue weighted by atomic mass is 10.0. The van der Waals surface area contributed by atoms with Crippen molar-refractivity contribution in [2.45, 2.75) is 26.5 Å². The average molecular weight is 366 g/mol. The molecule has 2 aromatic rings. The molecule has 24 heavy (non-hydrogen) atoms. The average Bonchev–Trinajstić information content (AvgIpc) is 2.96. The summed E-state index contributed by atoms with van der Waals surface area (Å²) in [6, 6.07) is 8.56. The van der Waals surface area contributed by atoms with Crippen LogP contribution < -0.4 is 10.6 Å². The molecule has 1 atom stereocenters. The maximum Gasteiger partial charge on any atom is 0.408 e. The van der Waals surface area contributed by atoms with Gasteiger partial charge in [0.1, 0.15) is 12.6 Å². The van der Waals surface area contributed by atoms with E-state index in [9.17, 15) is 9.59 Å². The highest BCUT2D eigenvalue weighted by Crippen LogP contribution is 2.13. The summed E-state index contributed by atoms with van der Waals surface area (Å²) in [4.78, 5) is 24.3. The molecule has 2 rings (SSSR count). The Labute approximate surface area is 148 Å². The second kappa shape index (κ2) is 8.55. The van der Waals surface area contributed by atoms with Crippen molar-refractivity contribution in [2.24, 2.45) is 5.92 Å². The van der Waals surface area contributed by atoms with E-state index in [4.69, 9.17) is 17.0 Å². The number of aromatic amines is 1. The summed E-state index contributed by atoms with van der Waals surface area (Å²) in [5.41, 5.74) is 0.870. The highest BCUT2D eigenvalue weighted by atomic mass is 32.1. The molecule has 128 valence electrons. The number of ether oxygens (including phenoxy) is 1. The van der Waals surface area contributed by atoms with E-state index in [0.29, 0.717) is 9.09 Å². The van der Waals surface area contributed by atoms with E-state index in [2.05, 4.69) is 20.8 Å². The minimum absolute atomic E-state index is 0.124. The molecule has 1 aromatic heterocycles. The minimum Gasteiger partial charge on any atom is -0.445 e. The number of amides is 2. The third-order valence-electron chi connectivity index (χ3n) is 3.10. The second-order valence-corrected chi connectivity index (χ2v) is 7.00. The first-order valence-corrected chi connectivity index (χ1v) is 8.51. The molecule has 0 aliphatic rings. The van der Waals surface area contributed by atoms with Gasteiger partial charge in [0.25, 0.3) is 0 Å². The second-order valence-electron chi connectivity index (χ2n) is 5.34. The molecule has 0 aliphatic heterocycles. The van der Waals surface area contributed by atoms with Crippen LogP contribution >= 0.6 is 23.6 Å². The van der Waals surface area contributed by atoms with Crippen LogP contribution in [0.25, 0.3) is 0 Å². The van der Waals surface area contributed by atoms with Gasteiger partial charge in [0, 0.05) is 0 Å². The molecule has 9 heteroatoms. The van der Waals surface area contributed by atoms with Crippen LogP contribution in [0.15, 0.2) is 30.3 Å². The van der Waals surface area contributed by atoms with Gasteiger partial charge in [-0.15, -0.1) is 5.10 Å². The van der Waals surface area contributed by atoms with Crippen LogP contribution in [0, 0.1) is 9.87 Å². The maximum absolute atomic E-state index is 12.3. The maximum atomic E-state index is 12.3. The van der Waals surface area contributed by atoms with Gasteiger partial charge in [-0.3, -0.25) is 15.2 Å². The predicted octanol–water partition coefficient (Wildman–Crippen LogP) is 3.09. The van der Waals surface area contributed by atoms with Crippen LogP contribution in [-0.2, 0) is 16.1 Å². The van der Waals surface area contributed by atoms with E-state index in [0.717, 1.165) is 16.9 Å². The summed E-state index contributed by atoms with van der Waals surface area (Å²) < 4.78 is 5.61. The number of hydrogen-bond acceptors (Lipinski definition) is 6. The Balaban J connectivity index is 1.91. The number of nitrogens with zero attached hydrogens (tertiary/aromatic N) is 1. The predicted molar refractivity (Wildman–Crippen MR) is 94.3 cm³/mol. The van der Waals surface area contributed by atoms with Gasteiger partial charge in [-0.1, -0.05) is 55.5 Å². The van der Waals surface area contributed by atoms with Crippen LogP contribution in [-0.4, -0.2) is 28.2 Å². The smallest absolute Gasteiger partial charge is 0.408 e. The molecule has 3 N–H and O–H groups in total. The number of hydrogen-bond donors (Lipinski definition) is 3. The van der Waals surface area contributed by atoms with E-state index in [1.807, 2.05) is 44.2 Å². The highest BCUT2D eigenvalue weighted by molar-refractivity contribution is 7.73. The fraction of sp³-hybridized carbons (Fsp3) is 0.333. The Bertz CT molecular complexity index is 742. The van der Waals surface area contributed by atoms with Crippen LogP contribution in [0.1, 0.15) is 19.4 Å². The van der Waals surface area contributed by atoms with E-state index < -0.39 is 12.1 Å². The molecule has 0 fully saturated rings. The molecule has 2 amide bonds. The zero-order valence-corrected chi connectivity index (χ0v) is 14.9. The largest absolute Gasteiger partial charge is 0.445 e. The third-order valence-corrected chi connectivity index (χ3v) is 4.11. The Morgan fingerprint density at radius 1 is 1.33 bits per heavy atom. The van der Waals surface area contributed by atoms with E-state index in [-0.39, 0.29) is 18.4 Å². The van der Waals surface area contributed by atoms with Crippen LogP contribution in [0.4, 0.5) is 9.93 Å². The van der Waals surface area contributed by atoms with Gasteiger partial charge in [-0.25, -0.2) is 4.79 Å². The lowest BCUT2D eigenvalue weighted by Crippen LogP contribution is -2.47. The van der Waals surface area contributed by atoms with E-state index in [1.54, 1.807) is 0 Å². The van der Waals surface area contributed by atoms with Gasteiger partial charge in [-0.05, 0) is 23.7 Å². The number of benzene rings is 1. The monoisotopic (exact) mass is 366 g/mol. The Morgan fingerprint density at radius 2 is 2.04 bits per heavy atom. The number of anilines is 1. The molecule has 1 aromatic carbocycles. The number of carbonyl (C=O) groups excluding carboxylic acids is 2. The first kappa shape index (κ1) is 18.1. The highest BCUT2D eigenvalue weighted by Gasteiger charge is 2.25. The minimum atomic E-state index is -0.745. The third kappa shape index (κ3) is 5.43. The van der Waals surface area contributed by atoms with E-state index >= 15 is 0 Å². The van der Waals surface area contributed by atoms with Crippen molar-refractivity contribution in [1.29, 1.82) is 0 Å². The van der Waals surface area contributed by atoms with Gasteiger partial charge in [-0.2, -0.15) is 0 Å². The molecule has 7 nitrogen and oxygen atoms in total. The molecule has 0 aliphatic carbocycles. The molecule has 0 radical (unpaired) electrons. The van der Waals surface area contributed by atoms with Gasteiger partial charge in [0.15, 0.2) is 3.95 Å². The lowest BCUT2D eigenvalue weighted by Gasteiger charge is -2.20. The molecule has 0 saturated heterocycles. The van der Waals surface area contributed by atoms with Crippen LogP contribution in [0.2, 0.25) is 0 Å². The van der Waals surface area contributed by atoms with Crippen molar-refractivity contribution >= 4 is 40.7 Å². The summed E-state index contributed by atoms with van der Waals surface area (Å²) in [6.07, 6.45) is -0.651. The zero-order chi connectivity index (χ0) is 17.5.